The standard InChI is InChI=1S/C74H144O17P2/c1-9-67(8)53-45-37-28-22-17-18-23-29-38-46-54-71(76)84-60-69(90-73(78)56-48-40-30-24-16-14-12-10-11-13-15-20-26-34-42-50-64(2)3)62-88-92(80,81)86-58-68(75)59-87-93(82,83)89-63-70(61-85-72(77)55-47-39-33-32-36-44-52-66(6)7)91-74(79)57-49-41-31-25-19-21-27-35-43-51-65(4)5/h64-70,75H,9-63H2,1-8H3,(H,80,81)(H,82,83)/t67?,68-,69-,70-/m1/s1. The van der Waals surface area contributed by atoms with Crippen LogP contribution in [-0.2, 0) is 65.4 Å². The Labute approximate surface area is 568 Å². The predicted molar refractivity (Wildman–Crippen MR) is 377 cm³/mol. The lowest BCUT2D eigenvalue weighted by Gasteiger charge is -2.21. The van der Waals surface area contributed by atoms with E-state index in [1.165, 1.54) is 167 Å². The summed E-state index contributed by atoms with van der Waals surface area (Å²) in [4.78, 5) is 72.7. The van der Waals surface area contributed by atoms with Crippen LogP contribution < -0.4 is 0 Å². The number of ether oxygens (including phenoxy) is 4. The minimum absolute atomic E-state index is 0.104. The van der Waals surface area contributed by atoms with Crippen LogP contribution in [0.15, 0.2) is 0 Å². The number of phosphoric acid groups is 2. The first kappa shape index (κ1) is 91.1. The van der Waals surface area contributed by atoms with Crippen molar-refractivity contribution >= 4 is 39.5 Å². The largest absolute Gasteiger partial charge is 0.472 e. The number of unbranched alkanes of at least 4 members (excludes halogenated alkanes) is 36. The molecule has 0 rings (SSSR count). The average Bonchev–Trinajstić information content (AvgIpc) is 2.00. The summed E-state index contributed by atoms with van der Waals surface area (Å²) in [5.41, 5.74) is 0. The summed E-state index contributed by atoms with van der Waals surface area (Å²) in [5.74, 6) is 0.902. The second-order valence-corrected chi connectivity index (χ2v) is 31.3. The van der Waals surface area contributed by atoms with E-state index in [-0.39, 0.29) is 25.7 Å². The zero-order valence-electron chi connectivity index (χ0n) is 60.9. The fourth-order valence-electron chi connectivity index (χ4n) is 11.2. The van der Waals surface area contributed by atoms with Crippen molar-refractivity contribution in [1.29, 1.82) is 0 Å². The number of hydrogen-bond acceptors (Lipinski definition) is 15. The Balaban J connectivity index is 5.24. The van der Waals surface area contributed by atoms with Crippen LogP contribution >= 0.6 is 15.6 Å². The molecule has 0 aliphatic rings. The predicted octanol–water partition coefficient (Wildman–Crippen LogP) is 21.3. The summed E-state index contributed by atoms with van der Waals surface area (Å²) >= 11 is 0. The van der Waals surface area contributed by atoms with Crippen molar-refractivity contribution in [3.63, 3.8) is 0 Å². The molecule has 0 aromatic carbocycles. The topological polar surface area (TPSA) is 237 Å². The summed E-state index contributed by atoms with van der Waals surface area (Å²) in [6.45, 7) is 14.1. The molecule has 0 fully saturated rings. The Morgan fingerprint density at radius 1 is 0.301 bits per heavy atom. The van der Waals surface area contributed by atoms with Crippen LogP contribution in [0.4, 0.5) is 0 Å². The van der Waals surface area contributed by atoms with Crippen LogP contribution in [0.2, 0.25) is 0 Å². The SMILES string of the molecule is CCC(C)CCCCCCCCCCCCC(=O)OC[C@H](COP(=O)(O)OC[C@@H](O)COP(=O)(O)OC[C@@H](COC(=O)CCCCCCCCC(C)C)OC(=O)CCCCCCCCCCCC(C)C)OC(=O)CCCCCCCCCCCCCCCCCC(C)C. The number of aliphatic hydroxyl groups excluding tert-OH is 1. The number of phosphoric ester groups is 2. The molecule has 93 heavy (non-hydrogen) atoms. The zero-order valence-corrected chi connectivity index (χ0v) is 62.7. The van der Waals surface area contributed by atoms with Gasteiger partial charge in [-0.25, -0.2) is 9.13 Å². The number of hydrogen-bond donors (Lipinski definition) is 3. The molecule has 3 N–H and O–H groups in total. The Kier molecular flexibility index (Phi) is 62.2. The lowest BCUT2D eigenvalue weighted by molar-refractivity contribution is -0.161. The number of carbonyl (C=O) groups excluding carboxylic acids is 4. The summed E-state index contributed by atoms with van der Waals surface area (Å²) < 4.78 is 68.4. The fourth-order valence-corrected chi connectivity index (χ4v) is 12.7. The van der Waals surface area contributed by atoms with E-state index in [4.69, 9.17) is 37.0 Å². The molecule has 19 heteroatoms. The number of rotatable bonds is 71. The van der Waals surface area contributed by atoms with Crippen LogP contribution in [0, 0.1) is 23.7 Å². The van der Waals surface area contributed by atoms with Gasteiger partial charge in [0.2, 0.25) is 0 Å². The van der Waals surface area contributed by atoms with E-state index >= 15 is 0 Å². The van der Waals surface area contributed by atoms with Gasteiger partial charge in [0.15, 0.2) is 12.2 Å². The van der Waals surface area contributed by atoms with Crippen LogP contribution in [0.3, 0.4) is 0 Å². The number of aliphatic hydroxyl groups is 1. The van der Waals surface area contributed by atoms with E-state index < -0.39 is 97.5 Å². The van der Waals surface area contributed by atoms with Crippen molar-refractivity contribution in [2.45, 2.75) is 388 Å². The van der Waals surface area contributed by atoms with Crippen molar-refractivity contribution in [2.75, 3.05) is 39.6 Å². The molecule has 0 heterocycles. The van der Waals surface area contributed by atoms with Gasteiger partial charge in [-0.2, -0.15) is 0 Å². The van der Waals surface area contributed by atoms with E-state index in [0.717, 1.165) is 114 Å². The lowest BCUT2D eigenvalue weighted by Crippen LogP contribution is -2.30. The van der Waals surface area contributed by atoms with Gasteiger partial charge in [0.25, 0.3) is 0 Å². The second-order valence-electron chi connectivity index (χ2n) is 28.4. The third kappa shape index (κ3) is 67.0. The van der Waals surface area contributed by atoms with E-state index in [1.54, 1.807) is 0 Å². The van der Waals surface area contributed by atoms with Crippen LogP contribution in [0.1, 0.15) is 370 Å². The molecule has 0 spiro atoms. The summed E-state index contributed by atoms with van der Waals surface area (Å²) in [7, 11) is -9.91. The minimum Gasteiger partial charge on any atom is -0.462 e. The Morgan fingerprint density at radius 2 is 0.516 bits per heavy atom. The van der Waals surface area contributed by atoms with Gasteiger partial charge in [-0.1, -0.05) is 319 Å². The van der Waals surface area contributed by atoms with Crippen LogP contribution in [0.5, 0.6) is 0 Å². The van der Waals surface area contributed by atoms with Crippen molar-refractivity contribution in [3.8, 4) is 0 Å². The molecule has 3 unspecified atom stereocenters. The highest BCUT2D eigenvalue weighted by atomic mass is 31.2. The van der Waals surface area contributed by atoms with Crippen LogP contribution in [-0.4, -0.2) is 96.7 Å². The Bertz CT molecular complexity index is 1840. The van der Waals surface area contributed by atoms with Crippen LogP contribution in [0.25, 0.3) is 0 Å². The van der Waals surface area contributed by atoms with Crippen molar-refractivity contribution in [1.82, 2.24) is 0 Å². The van der Waals surface area contributed by atoms with E-state index in [2.05, 4.69) is 55.4 Å². The highest BCUT2D eigenvalue weighted by Crippen LogP contribution is 2.45. The van der Waals surface area contributed by atoms with Gasteiger partial charge in [-0.15, -0.1) is 0 Å². The van der Waals surface area contributed by atoms with Gasteiger partial charge in [0.1, 0.15) is 19.3 Å². The van der Waals surface area contributed by atoms with Gasteiger partial charge in [-0.3, -0.25) is 37.3 Å². The van der Waals surface area contributed by atoms with Gasteiger partial charge >= 0.3 is 39.5 Å². The molecule has 17 nitrogen and oxygen atoms in total. The van der Waals surface area contributed by atoms with Gasteiger partial charge in [0, 0.05) is 25.7 Å². The lowest BCUT2D eigenvalue weighted by atomic mass is 9.99. The van der Waals surface area contributed by atoms with E-state index in [9.17, 15) is 43.2 Å². The first-order chi connectivity index (χ1) is 44.6. The molecule has 0 radical (unpaired) electrons. The van der Waals surface area contributed by atoms with E-state index in [1.807, 2.05) is 0 Å². The summed E-state index contributed by atoms with van der Waals surface area (Å²) in [6, 6.07) is 0. The molecule has 0 amide bonds. The molecule has 6 atom stereocenters. The molecule has 0 aliphatic carbocycles. The highest BCUT2D eigenvalue weighted by molar-refractivity contribution is 7.47. The average molecular weight is 1370 g/mol. The molecule has 0 saturated carbocycles. The van der Waals surface area contributed by atoms with Crippen molar-refractivity contribution in [3.05, 3.63) is 0 Å². The van der Waals surface area contributed by atoms with Gasteiger partial charge < -0.3 is 33.8 Å². The molecule has 0 aliphatic heterocycles. The first-order valence-electron chi connectivity index (χ1n) is 38.2. The molecular weight excluding hydrogens is 1220 g/mol. The number of carbonyl (C=O) groups is 4. The zero-order chi connectivity index (χ0) is 68.9. The van der Waals surface area contributed by atoms with Crippen molar-refractivity contribution < 1.29 is 80.2 Å². The van der Waals surface area contributed by atoms with Gasteiger partial charge in [-0.05, 0) is 49.4 Å². The highest BCUT2D eigenvalue weighted by Gasteiger charge is 2.30. The van der Waals surface area contributed by atoms with Gasteiger partial charge in [0.05, 0.1) is 26.4 Å². The normalized spacial score (nSPS) is 14.5. The quantitative estimate of drug-likeness (QED) is 0.0222. The molecule has 0 aromatic heterocycles. The maximum Gasteiger partial charge on any atom is 0.472 e. The summed E-state index contributed by atoms with van der Waals surface area (Å²) in [6.07, 6.45) is 47.3. The maximum absolute atomic E-state index is 13.1. The third-order valence-corrected chi connectivity index (χ3v) is 19.3. The van der Waals surface area contributed by atoms with E-state index in [0.29, 0.717) is 31.6 Å². The minimum atomic E-state index is -4.96. The Morgan fingerprint density at radius 3 is 0.763 bits per heavy atom. The first-order valence-corrected chi connectivity index (χ1v) is 41.2. The maximum atomic E-state index is 13.1. The third-order valence-electron chi connectivity index (χ3n) is 17.4. The smallest absolute Gasteiger partial charge is 0.462 e. The Hall–Kier alpha value is -1.94. The monoisotopic (exact) mass is 1370 g/mol. The second kappa shape index (κ2) is 63.5. The molecule has 0 bridgehead atoms. The summed E-state index contributed by atoms with van der Waals surface area (Å²) in [5, 5.41) is 10.6. The fraction of sp³-hybridized carbons (Fsp3) is 0.946. The molecule has 0 aromatic rings. The number of esters is 4. The molecular formula is C74H144O17P2. The van der Waals surface area contributed by atoms with Crippen molar-refractivity contribution in [2.24, 2.45) is 23.7 Å². The molecule has 0 saturated heterocycles. The molecule has 552 valence electrons.